The monoisotopic (exact) mass is 531 g/mol. The molecule has 1 atom stereocenters. The van der Waals surface area contributed by atoms with Gasteiger partial charge in [0.2, 0.25) is 5.91 Å². The Morgan fingerprint density at radius 3 is 2.80 bits per heavy atom. The number of aromatic nitrogens is 4. The van der Waals surface area contributed by atoms with Gasteiger partial charge in [-0.15, -0.1) is 0 Å². The second-order valence-electron chi connectivity index (χ2n) is 9.85. The molecule has 2 N–H and O–H groups in total. The maximum atomic E-state index is 13.0. The molecule has 0 saturated carbocycles. The minimum absolute atomic E-state index is 0.148. The Hall–Kier alpha value is -5.25. The summed E-state index contributed by atoms with van der Waals surface area (Å²) in [4.78, 5) is 40.1. The molecule has 0 radical (unpaired) electrons. The molecule has 6 heterocycles. The molecule has 0 spiro atoms. The number of rotatable bonds is 5. The van der Waals surface area contributed by atoms with E-state index < -0.39 is 0 Å². The van der Waals surface area contributed by atoms with Crippen LogP contribution in [-0.2, 0) is 4.79 Å². The Kier molecular flexibility index (Phi) is 5.66. The molecule has 0 bridgehead atoms. The van der Waals surface area contributed by atoms with E-state index in [0.717, 1.165) is 41.1 Å². The van der Waals surface area contributed by atoms with Gasteiger partial charge in [0.25, 0.3) is 5.91 Å². The van der Waals surface area contributed by atoms with E-state index in [1.807, 2.05) is 48.4 Å². The number of amides is 2. The zero-order valence-electron chi connectivity index (χ0n) is 21.7. The lowest BCUT2D eigenvalue weighted by Gasteiger charge is -2.28. The van der Waals surface area contributed by atoms with Crippen LogP contribution in [0, 0.1) is 0 Å². The van der Waals surface area contributed by atoms with Crippen molar-refractivity contribution >= 4 is 40.3 Å². The number of nitrogens with one attached hydrogen (secondary N) is 2. The molecule has 2 amide bonds. The molecule has 4 aromatic heterocycles. The maximum absolute atomic E-state index is 13.0. The molecule has 7 rings (SSSR count). The number of fused-ring (bicyclic) bond motifs is 4. The molecule has 198 valence electrons. The summed E-state index contributed by atoms with van der Waals surface area (Å²) < 4.78 is 8.00. The van der Waals surface area contributed by atoms with Gasteiger partial charge in [0.1, 0.15) is 29.0 Å². The fourth-order valence-corrected chi connectivity index (χ4v) is 5.33. The van der Waals surface area contributed by atoms with Gasteiger partial charge >= 0.3 is 0 Å². The Morgan fingerprint density at radius 1 is 1.02 bits per heavy atom. The molecule has 10 nitrogen and oxygen atoms in total. The predicted molar refractivity (Wildman–Crippen MR) is 151 cm³/mol. The molecule has 0 aliphatic carbocycles. The summed E-state index contributed by atoms with van der Waals surface area (Å²) in [6.45, 7) is 2.73. The molecule has 2 aliphatic heterocycles. The molecule has 1 unspecified atom stereocenters. The fraction of sp³-hybridized carbons (Fsp3) is 0.167. The van der Waals surface area contributed by atoms with Crippen LogP contribution in [-0.4, -0.2) is 37.7 Å². The van der Waals surface area contributed by atoms with E-state index in [1.54, 1.807) is 47.4 Å². The predicted octanol–water partition coefficient (Wildman–Crippen LogP) is 5.37. The number of carbonyl (C=O) groups excluding carboxylic acids is 2. The van der Waals surface area contributed by atoms with E-state index in [-0.39, 0.29) is 17.9 Å². The summed E-state index contributed by atoms with van der Waals surface area (Å²) in [5.41, 5.74) is 6.19. The fourth-order valence-electron chi connectivity index (χ4n) is 5.33. The minimum Gasteiger partial charge on any atom is -0.485 e. The first-order valence-electron chi connectivity index (χ1n) is 13.1. The number of hydrogen-bond acceptors (Lipinski definition) is 7. The average Bonchev–Trinajstić information content (AvgIpc) is 3.62. The van der Waals surface area contributed by atoms with Crippen molar-refractivity contribution in [3.8, 4) is 16.9 Å². The third-order valence-electron chi connectivity index (χ3n) is 7.25. The summed E-state index contributed by atoms with van der Waals surface area (Å²) in [5, 5.41) is 6.20. The van der Waals surface area contributed by atoms with Crippen molar-refractivity contribution in [2.24, 2.45) is 0 Å². The number of anilines is 4. The molecule has 1 fully saturated rings. The lowest BCUT2D eigenvalue weighted by atomic mass is 9.94. The smallest absolute Gasteiger partial charge is 0.272 e. The quantitative estimate of drug-likeness (QED) is 0.314. The molecule has 5 aromatic rings. The summed E-state index contributed by atoms with van der Waals surface area (Å²) in [7, 11) is 0. The van der Waals surface area contributed by atoms with Crippen molar-refractivity contribution in [2.45, 2.75) is 25.9 Å². The number of hydrogen-bond donors (Lipinski definition) is 2. The second-order valence-corrected chi connectivity index (χ2v) is 9.85. The van der Waals surface area contributed by atoms with E-state index in [1.165, 1.54) is 0 Å². The third kappa shape index (κ3) is 4.19. The van der Waals surface area contributed by atoms with E-state index >= 15 is 0 Å². The van der Waals surface area contributed by atoms with Gasteiger partial charge in [0, 0.05) is 60.0 Å². The van der Waals surface area contributed by atoms with Gasteiger partial charge in [0.15, 0.2) is 0 Å². The number of benzene rings is 1. The van der Waals surface area contributed by atoms with Gasteiger partial charge in [-0.1, -0.05) is 6.07 Å². The van der Waals surface area contributed by atoms with Crippen LogP contribution in [0.3, 0.4) is 0 Å². The zero-order valence-corrected chi connectivity index (χ0v) is 21.7. The third-order valence-corrected chi connectivity index (χ3v) is 7.25. The van der Waals surface area contributed by atoms with Crippen molar-refractivity contribution in [2.75, 3.05) is 22.1 Å². The van der Waals surface area contributed by atoms with Crippen LogP contribution in [0.1, 0.15) is 41.9 Å². The van der Waals surface area contributed by atoms with Crippen LogP contribution in [0.25, 0.3) is 16.8 Å². The largest absolute Gasteiger partial charge is 0.485 e. The molecule has 1 aromatic carbocycles. The maximum Gasteiger partial charge on any atom is 0.272 e. The van der Waals surface area contributed by atoms with Crippen molar-refractivity contribution in [3.05, 3.63) is 90.8 Å². The van der Waals surface area contributed by atoms with Crippen LogP contribution in [0.5, 0.6) is 5.75 Å². The highest BCUT2D eigenvalue weighted by molar-refractivity contribution is 6.03. The molecule has 10 heteroatoms. The number of pyridine rings is 3. The first kappa shape index (κ1) is 23.8. The van der Waals surface area contributed by atoms with E-state index in [2.05, 4.69) is 25.6 Å². The van der Waals surface area contributed by atoms with Crippen LogP contribution in [0.15, 0.2) is 79.5 Å². The first-order valence-corrected chi connectivity index (χ1v) is 13.1. The zero-order chi connectivity index (χ0) is 27.2. The van der Waals surface area contributed by atoms with Gasteiger partial charge in [-0.2, -0.15) is 0 Å². The van der Waals surface area contributed by atoms with Gasteiger partial charge < -0.3 is 20.3 Å². The normalized spacial score (nSPS) is 15.9. The first-order chi connectivity index (χ1) is 19.5. The summed E-state index contributed by atoms with van der Waals surface area (Å²) in [6, 6.07) is 15.1. The van der Waals surface area contributed by atoms with Crippen molar-refractivity contribution in [3.63, 3.8) is 0 Å². The standard InChI is InChI=1S/C30H25N7O3/c1-18-23-14-27(33-17-24(23)22-8-7-21(13-26(22)40-18)36-10-3-6-29(36)38)34-19-12-20(16-31-15-19)35-30(39)25-4-2-5-28-32-9-11-37(25)28/h2,4-5,7-9,11-18H,3,6,10H2,1H3,(H,33,34)(H,35,39). The molecular formula is C30H25N7O3. The molecule has 1 saturated heterocycles. The summed E-state index contributed by atoms with van der Waals surface area (Å²) in [5.74, 6) is 1.26. The Labute approximate surface area is 229 Å². The number of carbonyl (C=O) groups is 2. The average molecular weight is 532 g/mol. The highest BCUT2D eigenvalue weighted by atomic mass is 16.5. The number of ether oxygens (including phenoxy) is 1. The van der Waals surface area contributed by atoms with Crippen molar-refractivity contribution in [1.82, 2.24) is 19.4 Å². The van der Waals surface area contributed by atoms with Crippen molar-refractivity contribution in [1.29, 1.82) is 0 Å². The minimum atomic E-state index is -0.267. The number of nitrogens with zero attached hydrogens (tertiary/aromatic N) is 5. The second kappa shape index (κ2) is 9.49. The van der Waals surface area contributed by atoms with Gasteiger partial charge in [0.05, 0.1) is 23.8 Å². The highest BCUT2D eigenvalue weighted by Crippen LogP contribution is 2.44. The lowest BCUT2D eigenvalue weighted by Crippen LogP contribution is -2.24. The van der Waals surface area contributed by atoms with Crippen LogP contribution < -0.4 is 20.3 Å². The van der Waals surface area contributed by atoms with E-state index in [9.17, 15) is 9.59 Å². The van der Waals surface area contributed by atoms with Crippen molar-refractivity contribution < 1.29 is 14.3 Å². The van der Waals surface area contributed by atoms with E-state index in [0.29, 0.717) is 35.0 Å². The Bertz CT molecular complexity index is 1800. The van der Waals surface area contributed by atoms with Crippen LogP contribution in [0.2, 0.25) is 0 Å². The summed E-state index contributed by atoms with van der Waals surface area (Å²) in [6.07, 6.45) is 9.76. The SMILES string of the molecule is CC1Oc2cc(N3CCCC3=O)ccc2-c2cnc(Nc3cncc(NC(=O)c4cccc5nccn45)c3)cc21. The van der Waals surface area contributed by atoms with E-state index in [4.69, 9.17) is 4.74 Å². The van der Waals surface area contributed by atoms with Crippen LogP contribution >= 0.6 is 0 Å². The van der Waals surface area contributed by atoms with Gasteiger partial charge in [-0.25, -0.2) is 9.97 Å². The summed E-state index contributed by atoms with van der Waals surface area (Å²) >= 11 is 0. The Balaban J connectivity index is 1.11. The Morgan fingerprint density at radius 2 is 1.93 bits per heavy atom. The number of imidazole rings is 1. The molecule has 2 aliphatic rings. The highest BCUT2D eigenvalue weighted by Gasteiger charge is 2.27. The molecule has 40 heavy (non-hydrogen) atoms. The topological polar surface area (TPSA) is 114 Å². The lowest BCUT2D eigenvalue weighted by molar-refractivity contribution is -0.117. The van der Waals surface area contributed by atoms with Gasteiger partial charge in [-0.05, 0) is 49.7 Å². The van der Waals surface area contributed by atoms with Crippen LogP contribution in [0.4, 0.5) is 22.9 Å². The van der Waals surface area contributed by atoms with Gasteiger partial charge in [-0.3, -0.25) is 19.0 Å². The molecular weight excluding hydrogens is 506 g/mol.